The van der Waals surface area contributed by atoms with Gasteiger partial charge in [0.2, 0.25) is 0 Å². The van der Waals surface area contributed by atoms with Crippen molar-refractivity contribution >= 4 is 29.0 Å². The first-order valence-corrected chi connectivity index (χ1v) is 10.3. The van der Waals surface area contributed by atoms with E-state index in [2.05, 4.69) is 24.2 Å². The average molecular weight is 379 g/mol. The summed E-state index contributed by atoms with van der Waals surface area (Å²) in [6, 6.07) is 7.91. The maximum absolute atomic E-state index is 12.7. The number of thioether (sulfide) groups is 1. The molecule has 0 N–H and O–H groups in total. The molecule has 1 heterocycles. The molecule has 0 bridgehead atoms. The molecule has 0 unspecified atom stereocenters. The van der Waals surface area contributed by atoms with E-state index in [4.69, 9.17) is 4.74 Å². The van der Waals surface area contributed by atoms with E-state index < -0.39 is 0 Å². The van der Waals surface area contributed by atoms with Gasteiger partial charge in [-0.3, -0.25) is 4.79 Å². The molecule has 2 rings (SSSR count). The number of ether oxygens (including phenoxy) is 1. The Morgan fingerprint density at radius 3 is 2.60 bits per heavy atom. The summed E-state index contributed by atoms with van der Waals surface area (Å²) in [7, 11) is 1.66. The molecular formula is C19H26N2O2S2. The fourth-order valence-corrected chi connectivity index (χ4v) is 4.19. The Bertz CT molecular complexity index is 668. The van der Waals surface area contributed by atoms with Gasteiger partial charge in [-0.15, -0.1) is 11.3 Å². The van der Waals surface area contributed by atoms with Gasteiger partial charge in [-0.05, 0) is 30.5 Å². The van der Waals surface area contributed by atoms with Crippen LogP contribution in [-0.2, 0) is 10.5 Å². The molecule has 1 amide bonds. The van der Waals surface area contributed by atoms with Crippen LogP contribution in [0.2, 0.25) is 0 Å². The first kappa shape index (κ1) is 19.9. The van der Waals surface area contributed by atoms with Crippen molar-refractivity contribution in [1.29, 1.82) is 0 Å². The summed E-state index contributed by atoms with van der Waals surface area (Å²) >= 11 is 3.40. The van der Waals surface area contributed by atoms with E-state index in [0.717, 1.165) is 27.9 Å². The standard InChI is InChI=1S/C19H26N2O2S2/c1-14(2)11-21(9-10-23-4)18(22)17-7-5-16(6-8-17)13-25-19-20-15(3)12-24-19/h5-8,12,14H,9-11,13H2,1-4H3. The minimum atomic E-state index is 0.0699. The number of aryl methyl sites for hydroxylation is 1. The third-order valence-electron chi connectivity index (χ3n) is 3.60. The molecule has 1 aromatic heterocycles. The van der Waals surface area contributed by atoms with Crippen molar-refractivity contribution in [2.45, 2.75) is 30.9 Å². The van der Waals surface area contributed by atoms with Crippen LogP contribution in [0.3, 0.4) is 0 Å². The summed E-state index contributed by atoms with van der Waals surface area (Å²) < 4.78 is 6.22. The Hall–Kier alpha value is -1.37. The van der Waals surface area contributed by atoms with Crippen LogP contribution in [0.1, 0.15) is 35.5 Å². The molecule has 4 nitrogen and oxygen atoms in total. The van der Waals surface area contributed by atoms with Crippen LogP contribution in [0.15, 0.2) is 34.0 Å². The third kappa shape index (κ3) is 6.45. The summed E-state index contributed by atoms with van der Waals surface area (Å²) in [6.07, 6.45) is 0. The van der Waals surface area contributed by atoms with Crippen molar-refractivity contribution in [1.82, 2.24) is 9.88 Å². The second-order valence-electron chi connectivity index (χ2n) is 6.38. The summed E-state index contributed by atoms with van der Waals surface area (Å²) in [5.41, 5.74) is 2.99. The van der Waals surface area contributed by atoms with Gasteiger partial charge < -0.3 is 9.64 Å². The summed E-state index contributed by atoms with van der Waals surface area (Å²) in [6.45, 7) is 8.16. The Morgan fingerprint density at radius 1 is 1.32 bits per heavy atom. The quantitative estimate of drug-likeness (QED) is 0.603. The Morgan fingerprint density at radius 2 is 2.04 bits per heavy atom. The number of aromatic nitrogens is 1. The second-order valence-corrected chi connectivity index (χ2v) is 8.46. The SMILES string of the molecule is COCCN(CC(C)C)C(=O)c1ccc(CSc2nc(C)cs2)cc1. The number of carbonyl (C=O) groups is 1. The number of nitrogens with zero attached hydrogens (tertiary/aromatic N) is 2. The smallest absolute Gasteiger partial charge is 0.253 e. The summed E-state index contributed by atoms with van der Waals surface area (Å²) in [5.74, 6) is 1.36. The molecule has 25 heavy (non-hydrogen) atoms. The van der Waals surface area contributed by atoms with Crippen LogP contribution < -0.4 is 0 Å². The molecular weight excluding hydrogens is 352 g/mol. The van der Waals surface area contributed by atoms with Gasteiger partial charge in [0.25, 0.3) is 5.91 Å². The highest BCUT2D eigenvalue weighted by atomic mass is 32.2. The van der Waals surface area contributed by atoms with E-state index in [1.807, 2.05) is 36.1 Å². The van der Waals surface area contributed by atoms with Gasteiger partial charge >= 0.3 is 0 Å². The van der Waals surface area contributed by atoms with Crippen molar-refractivity contribution in [3.63, 3.8) is 0 Å². The van der Waals surface area contributed by atoms with Crippen molar-refractivity contribution in [3.05, 3.63) is 46.5 Å². The largest absolute Gasteiger partial charge is 0.383 e. The van der Waals surface area contributed by atoms with E-state index >= 15 is 0 Å². The van der Waals surface area contributed by atoms with Gasteiger partial charge in [0.15, 0.2) is 0 Å². The van der Waals surface area contributed by atoms with E-state index in [-0.39, 0.29) is 5.91 Å². The highest BCUT2D eigenvalue weighted by Crippen LogP contribution is 2.26. The molecule has 0 saturated heterocycles. The highest BCUT2D eigenvalue weighted by molar-refractivity contribution is 8.00. The lowest BCUT2D eigenvalue weighted by Crippen LogP contribution is -2.36. The van der Waals surface area contributed by atoms with Crippen molar-refractivity contribution in [2.75, 3.05) is 26.8 Å². The van der Waals surface area contributed by atoms with Gasteiger partial charge in [-0.2, -0.15) is 0 Å². The molecule has 0 atom stereocenters. The molecule has 0 spiro atoms. The third-order valence-corrected chi connectivity index (χ3v) is 5.81. The molecule has 2 aromatic rings. The van der Waals surface area contributed by atoms with Crippen LogP contribution in [-0.4, -0.2) is 42.6 Å². The lowest BCUT2D eigenvalue weighted by atomic mass is 10.1. The normalized spacial score (nSPS) is 11.1. The predicted octanol–water partition coefficient (Wildman–Crippen LogP) is 4.49. The van der Waals surface area contributed by atoms with Gasteiger partial charge in [0, 0.05) is 42.6 Å². The Kier molecular flexibility index (Phi) is 7.93. The first-order chi connectivity index (χ1) is 12.0. The number of rotatable bonds is 9. The lowest BCUT2D eigenvalue weighted by Gasteiger charge is -2.24. The fraction of sp³-hybridized carbons (Fsp3) is 0.474. The number of thiazole rings is 1. The van der Waals surface area contributed by atoms with E-state index in [0.29, 0.717) is 19.1 Å². The summed E-state index contributed by atoms with van der Waals surface area (Å²) in [4.78, 5) is 19.1. The highest BCUT2D eigenvalue weighted by Gasteiger charge is 2.16. The minimum absolute atomic E-state index is 0.0699. The van der Waals surface area contributed by atoms with Crippen LogP contribution in [0, 0.1) is 12.8 Å². The molecule has 0 radical (unpaired) electrons. The van der Waals surface area contributed by atoms with Crippen molar-refractivity contribution in [3.8, 4) is 0 Å². The average Bonchev–Trinajstić information content (AvgIpc) is 3.01. The van der Waals surface area contributed by atoms with Crippen molar-refractivity contribution < 1.29 is 9.53 Å². The topological polar surface area (TPSA) is 42.4 Å². The van der Waals surface area contributed by atoms with E-state index in [1.165, 1.54) is 5.56 Å². The molecule has 1 aromatic carbocycles. The zero-order valence-electron chi connectivity index (χ0n) is 15.3. The number of amides is 1. The molecule has 136 valence electrons. The van der Waals surface area contributed by atoms with Gasteiger partial charge in [-0.25, -0.2) is 4.98 Å². The van der Waals surface area contributed by atoms with E-state index in [9.17, 15) is 4.79 Å². The zero-order chi connectivity index (χ0) is 18.2. The molecule has 0 aliphatic carbocycles. The maximum atomic E-state index is 12.7. The number of hydrogen-bond acceptors (Lipinski definition) is 5. The second kappa shape index (κ2) is 9.94. The van der Waals surface area contributed by atoms with Gasteiger partial charge in [-0.1, -0.05) is 37.7 Å². The number of carbonyl (C=O) groups excluding carboxylic acids is 1. The number of benzene rings is 1. The van der Waals surface area contributed by atoms with Crippen molar-refractivity contribution in [2.24, 2.45) is 5.92 Å². The fourth-order valence-electron chi connectivity index (χ4n) is 2.39. The maximum Gasteiger partial charge on any atom is 0.253 e. The molecule has 0 aliphatic heterocycles. The molecule has 6 heteroatoms. The zero-order valence-corrected chi connectivity index (χ0v) is 17.0. The molecule has 0 saturated carbocycles. The lowest BCUT2D eigenvalue weighted by molar-refractivity contribution is 0.0672. The predicted molar refractivity (Wildman–Crippen MR) is 105 cm³/mol. The van der Waals surface area contributed by atoms with Crippen LogP contribution in [0.4, 0.5) is 0 Å². The minimum Gasteiger partial charge on any atom is -0.383 e. The number of methoxy groups -OCH3 is 1. The van der Waals surface area contributed by atoms with Gasteiger partial charge in [0.1, 0.15) is 4.34 Å². The van der Waals surface area contributed by atoms with E-state index in [1.54, 1.807) is 30.2 Å². The number of hydrogen-bond donors (Lipinski definition) is 0. The van der Waals surface area contributed by atoms with Gasteiger partial charge in [0.05, 0.1) is 6.61 Å². The van der Waals surface area contributed by atoms with Crippen LogP contribution in [0.25, 0.3) is 0 Å². The summed E-state index contributed by atoms with van der Waals surface area (Å²) in [5, 5.41) is 2.06. The Labute approximate surface area is 158 Å². The monoisotopic (exact) mass is 378 g/mol. The van der Waals surface area contributed by atoms with Crippen LogP contribution >= 0.6 is 23.1 Å². The Balaban J connectivity index is 1.97. The first-order valence-electron chi connectivity index (χ1n) is 8.41. The molecule has 0 aliphatic rings. The van der Waals surface area contributed by atoms with Crippen LogP contribution in [0.5, 0.6) is 0 Å². The molecule has 0 fully saturated rings.